The molecule has 2 aliphatic heterocycles. The van der Waals surface area contributed by atoms with Gasteiger partial charge in [-0.25, -0.2) is 15.0 Å². The van der Waals surface area contributed by atoms with E-state index in [9.17, 15) is 4.79 Å². The van der Waals surface area contributed by atoms with Crippen molar-refractivity contribution in [2.24, 2.45) is 16.9 Å². The van der Waals surface area contributed by atoms with Crippen LogP contribution in [-0.2, 0) is 9.53 Å². The van der Waals surface area contributed by atoms with Gasteiger partial charge in [0.2, 0.25) is 5.91 Å². The summed E-state index contributed by atoms with van der Waals surface area (Å²) in [5.74, 6) is 1.27. The van der Waals surface area contributed by atoms with Crippen LogP contribution >= 0.6 is 0 Å². The summed E-state index contributed by atoms with van der Waals surface area (Å²) in [5.41, 5.74) is 2.89. The number of pyridine rings is 1. The maximum atomic E-state index is 12.7. The van der Waals surface area contributed by atoms with E-state index in [1.807, 2.05) is 11.1 Å². The Morgan fingerprint density at radius 2 is 1.81 bits per heavy atom. The monoisotopic (exact) mass is 422 g/mol. The summed E-state index contributed by atoms with van der Waals surface area (Å²) < 4.78 is 5.91. The molecule has 4 atom stereocenters. The number of ether oxygens (including phenoxy) is 1. The Hall–Kier alpha value is -2.87. The van der Waals surface area contributed by atoms with Gasteiger partial charge in [0.1, 0.15) is 18.7 Å². The number of rotatable bonds is 5. The minimum atomic E-state index is -0.124. The van der Waals surface area contributed by atoms with Crippen molar-refractivity contribution in [1.82, 2.24) is 20.0 Å². The molecule has 8 heteroatoms. The highest BCUT2D eigenvalue weighted by atomic mass is 16.5. The third kappa shape index (κ3) is 4.90. The standard InChI is InChI=1S/C23H30N6O2/c1-14-7-19(8-15(2)31-14)23-16(3)28-29(17(23)4)12-22(30)27-21-6-5-18(11-26-21)20-9-24-13-25-10-20/h5-6,9-11,13-15,17,19,23H,7-8,12H2,1-4H3,(H,26,27,30). The summed E-state index contributed by atoms with van der Waals surface area (Å²) >= 11 is 0. The fourth-order valence-corrected chi connectivity index (χ4v) is 4.98. The second-order valence-electron chi connectivity index (χ2n) is 8.70. The number of nitrogens with one attached hydrogen (secondary N) is 1. The first kappa shape index (κ1) is 21.4. The summed E-state index contributed by atoms with van der Waals surface area (Å²) in [5, 5.41) is 9.52. The van der Waals surface area contributed by atoms with Gasteiger partial charge >= 0.3 is 0 Å². The highest BCUT2D eigenvalue weighted by Crippen LogP contribution is 2.37. The molecular weight excluding hydrogens is 392 g/mol. The van der Waals surface area contributed by atoms with Crippen LogP contribution in [0.5, 0.6) is 0 Å². The summed E-state index contributed by atoms with van der Waals surface area (Å²) in [7, 11) is 0. The lowest BCUT2D eigenvalue weighted by Gasteiger charge is -2.37. The fourth-order valence-electron chi connectivity index (χ4n) is 4.98. The third-order valence-corrected chi connectivity index (χ3v) is 6.23. The third-order valence-electron chi connectivity index (χ3n) is 6.23. The molecule has 1 fully saturated rings. The van der Waals surface area contributed by atoms with Crippen LogP contribution in [0.4, 0.5) is 5.82 Å². The van der Waals surface area contributed by atoms with Crippen LogP contribution in [0.15, 0.2) is 42.2 Å². The van der Waals surface area contributed by atoms with Crippen LogP contribution < -0.4 is 5.32 Å². The number of carbonyl (C=O) groups is 1. The first-order valence-electron chi connectivity index (χ1n) is 10.9. The summed E-state index contributed by atoms with van der Waals surface area (Å²) in [6.07, 6.45) is 9.26. The molecule has 0 aliphatic carbocycles. The van der Waals surface area contributed by atoms with E-state index in [-0.39, 0.29) is 30.7 Å². The highest BCUT2D eigenvalue weighted by Gasteiger charge is 2.40. The zero-order chi connectivity index (χ0) is 22.0. The van der Waals surface area contributed by atoms with Crippen molar-refractivity contribution in [2.45, 2.75) is 58.8 Å². The average Bonchev–Trinajstić information content (AvgIpc) is 3.01. The number of amides is 1. The predicted molar refractivity (Wildman–Crippen MR) is 119 cm³/mol. The highest BCUT2D eigenvalue weighted by molar-refractivity contribution is 5.92. The minimum absolute atomic E-state index is 0.124. The van der Waals surface area contributed by atoms with E-state index in [0.29, 0.717) is 17.7 Å². The molecule has 1 amide bonds. The van der Waals surface area contributed by atoms with Crippen molar-refractivity contribution in [1.29, 1.82) is 0 Å². The molecule has 4 unspecified atom stereocenters. The number of hydrazone groups is 1. The Kier molecular flexibility index (Phi) is 6.27. The van der Waals surface area contributed by atoms with Crippen molar-refractivity contribution in [3.63, 3.8) is 0 Å². The number of hydrogen-bond donors (Lipinski definition) is 1. The van der Waals surface area contributed by atoms with Gasteiger partial charge in [-0.05, 0) is 58.6 Å². The van der Waals surface area contributed by atoms with Crippen LogP contribution in [0.3, 0.4) is 0 Å². The van der Waals surface area contributed by atoms with Gasteiger partial charge in [0, 0.05) is 41.3 Å². The molecule has 4 rings (SSSR count). The molecule has 31 heavy (non-hydrogen) atoms. The van der Waals surface area contributed by atoms with E-state index >= 15 is 0 Å². The van der Waals surface area contributed by atoms with E-state index in [2.05, 4.69) is 48.0 Å². The molecule has 0 bridgehead atoms. The van der Waals surface area contributed by atoms with E-state index in [4.69, 9.17) is 9.84 Å². The zero-order valence-electron chi connectivity index (χ0n) is 18.5. The summed E-state index contributed by atoms with van der Waals surface area (Å²) in [6.45, 7) is 8.74. The van der Waals surface area contributed by atoms with Crippen molar-refractivity contribution in [3.8, 4) is 11.1 Å². The van der Waals surface area contributed by atoms with Gasteiger partial charge in [-0.15, -0.1) is 0 Å². The topological polar surface area (TPSA) is 92.6 Å². The van der Waals surface area contributed by atoms with Crippen LogP contribution in [-0.4, -0.2) is 56.4 Å². The molecule has 0 radical (unpaired) electrons. The summed E-state index contributed by atoms with van der Waals surface area (Å²) in [6, 6.07) is 3.86. The number of carbonyl (C=O) groups excluding carboxylic acids is 1. The smallest absolute Gasteiger partial charge is 0.246 e. The quantitative estimate of drug-likeness (QED) is 0.794. The van der Waals surface area contributed by atoms with Crippen molar-refractivity contribution in [3.05, 3.63) is 37.1 Å². The second kappa shape index (κ2) is 9.09. The first-order valence-corrected chi connectivity index (χ1v) is 10.9. The lowest BCUT2D eigenvalue weighted by Crippen LogP contribution is -2.42. The number of hydrogen-bond acceptors (Lipinski definition) is 7. The molecule has 4 heterocycles. The van der Waals surface area contributed by atoms with Gasteiger partial charge in [0.15, 0.2) is 0 Å². The number of nitrogens with zero attached hydrogens (tertiary/aromatic N) is 5. The summed E-state index contributed by atoms with van der Waals surface area (Å²) in [4.78, 5) is 25.0. The fraction of sp³-hybridized carbons (Fsp3) is 0.522. The van der Waals surface area contributed by atoms with Gasteiger partial charge in [0.05, 0.1) is 18.2 Å². The molecule has 2 aliphatic rings. The van der Waals surface area contributed by atoms with E-state index < -0.39 is 0 Å². The number of aromatic nitrogens is 3. The van der Waals surface area contributed by atoms with Crippen molar-refractivity contribution < 1.29 is 9.53 Å². The normalized spacial score (nSPS) is 28.3. The van der Waals surface area contributed by atoms with Crippen LogP contribution in [0.1, 0.15) is 40.5 Å². The molecule has 2 aromatic heterocycles. The van der Waals surface area contributed by atoms with Gasteiger partial charge in [-0.3, -0.25) is 9.80 Å². The maximum Gasteiger partial charge on any atom is 0.246 e. The molecule has 0 spiro atoms. The second-order valence-corrected chi connectivity index (χ2v) is 8.70. The van der Waals surface area contributed by atoms with Gasteiger partial charge in [-0.1, -0.05) is 0 Å². The van der Waals surface area contributed by atoms with Crippen LogP contribution in [0.25, 0.3) is 11.1 Å². The Bertz CT molecular complexity index is 923. The molecule has 1 N–H and O–H groups in total. The Labute approximate surface area is 183 Å². The largest absolute Gasteiger partial charge is 0.376 e. The lowest BCUT2D eigenvalue weighted by molar-refractivity contribution is -0.118. The molecule has 2 aromatic rings. The van der Waals surface area contributed by atoms with Crippen LogP contribution in [0.2, 0.25) is 0 Å². The van der Waals surface area contributed by atoms with E-state index in [1.54, 1.807) is 24.7 Å². The van der Waals surface area contributed by atoms with Crippen molar-refractivity contribution >= 4 is 17.4 Å². The van der Waals surface area contributed by atoms with Gasteiger partial charge in [-0.2, -0.15) is 5.10 Å². The molecular formula is C23H30N6O2. The SMILES string of the molecule is CC1=NN(CC(=O)Nc2ccc(-c3cncnc3)cn2)C(C)C1C1CC(C)OC(C)C1. The van der Waals surface area contributed by atoms with Gasteiger partial charge in [0.25, 0.3) is 0 Å². The Morgan fingerprint density at radius 1 is 1.10 bits per heavy atom. The molecule has 164 valence electrons. The first-order chi connectivity index (χ1) is 14.9. The molecule has 0 aromatic carbocycles. The molecule has 0 saturated carbocycles. The molecule has 1 saturated heterocycles. The van der Waals surface area contributed by atoms with Gasteiger partial charge < -0.3 is 10.1 Å². The Balaban J connectivity index is 1.35. The number of anilines is 1. The maximum absolute atomic E-state index is 12.7. The van der Waals surface area contributed by atoms with Crippen molar-refractivity contribution in [2.75, 3.05) is 11.9 Å². The zero-order valence-corrected chi connectivity index (χ0v) is 18.5. The Morgan fingerprint density at radius 3 is 2.45 bits per heavy atom. The van der Waals surface area contributed by atoms with Crippen LogP contribution in [0, 0.1) is 11.8 Å². The predicted octanol–water partition coefficient (Wildman–Crippen LogP) is 3.38. The average molecular weight is 423 g/mol. The molecule has 8 nitrogen and oxygen atoms in total. The van der Waals surface area contributed by atoms with E-state index in [1.165, 1.54) is 6.33 Å². The lowest BCUT2D eigenvalue weighted by atomic mass is 9.77. The minimum Gasteiger partial charge on any atom is -0.376 e. The van der Waals surface area contributed by atoms with E-state index in [0.717, 1.165) is 29.7 Å².